The van der Waals surface area contributed by atoms with Gasteiger partial charge in [-0.15, -0.1) is 0 Å². The van der Waals surface area contributed by atoms with Crippen molar-refractivity contribution in [3.8, 4) is 6.07 Å². The molecule has 2 atom stereocenters. The lowest BCUT2D eigenvalue weighted by Gasteiger charge is -2.16. The molecule has 0 aliphatic carbocycles. The van der Waals surface area contributed by atoms with E-state index in [2.05, 4.69) is 0 Å². The van der Waals surface area contributed by atoms with Crippen molar-refractivity contribution in [2.75, 3.05) is 18.8 Å². The molecule has 0 aromatic carbocycles. The molecule has 80 valence electrons. The van der Waals surface area contributed by atoms with Crippen LogP contribution in [0.1, 0.15) is 13.3 Å². The Morgan fingerprint density at radius 1 is 1.71 bits per heavy atom. The lowest BCUT2D eigenvalue weighted by molar-refractivity contribution is 0.430. The molecule has 1 saturated heterocycles. The largest absolute Gasteiger partial charge is 0.328 e. The van der Waals surface area contributed by atoms with Crippen LogP contribution in [0.5, 0.6) is 0 Å². The second-order valence-electron chi connectivity index (χ2n) is 3.68. The van der Waals surface area contributed by atoms with Gasteiger partial charge in [0, 0.05) is 19.1 Å². The van der Waals surface area contributed by atoms with Gasteiger partial charge in [0.1, 0.15) is 0 Å². The van der Waals surface area contributed by atoms with E-state index >= 15 is 0 Å². The second-order valence-corrected chi connectivity index (χ2v) is 5.65. The number of hydrogen-bond donors (Lipinski definition) is 1. The summed E-state index contributed by atoms with van der Waals surface area (Å²) in [6.07, 6.45) is 0.794. The first-order chi connectivity index (χ1) is 6.47. The third-order valence-corrected chi connectivity index (χ3v) is 4.18. The number of hydrogen-bond acceptors (Lipinski definition) is 4. The monoisotopic (exact) mass is 217 g/mol. The van der Waals surface area contributed by atoms with Gasteiger partial charge in [0.2, 0.25) is 10.0 Å². The van der Waals surface area contributed by atoms with Crippen LogP contribution >= 0.6 is 0 Å². The zero-order chi connectivity index (χ0) is 10.8. The molecule has 0 spiro atoms. The average molecular weight is 217 g/mol. The summed E-state index contributed by atoms with van der Waals surface area (Å²) in [5.74, 6) is -0.206. The van der Waals surface area contributed by atoms with Gasteiger partial charge < -0.3 is 5.73 Å². The van der Waals surface area contributed by atoms with E-state index in [4.69, 9.17) is 11.0 Å². The van der Waals surface area contributed by atoms with E-state index in [1.807, 2.05) is 6.92 Å². The molecule has 14 heavy (non-hydrogen) atoms. The smallest absolute Gasteiger partial charge is 0.227 e. The minimum absolute atomic E-state index is 0.0114. The molecule has 2 unspecified atom stereocenters. The zero-order valence-corrected chi connectivity index (χ0v) is 9.00. The summed E-state index contributed by atoms with van der Waals surface area (Å²) in [6, 6.07) is 1.68. The Balaban J connectivity index is 2.63. The number of rotatable bonds is 3. The van der Waals surface area contributed by atoms with Gasteiger partial charge in [-0.3, -0.25) is 0 Å². The standard InChI is InChI=1S/C8H15N3O2S/c1-7(10)8-2-4-11(6-8)14(12,13)5-3-9/h7-8H,2,4-6,10H2,1H3. The lowest BCUT2D eigenvalue weighted by atomic mass is 10.0. The van der Waals surface area contributed by atoms with Crippen LogP contribution in [0.25, 0.3) is 0 Å². The fraction of sp³-hybridized carbons (Fsp3) is 0.875. The topological polar surface area (TPSA) is 87.2 Å². The fourth-order valence-electron chi connectivity index (χ4n) is 1.61. The molecular formula is C8H15N3O2S. The highest BCUT2D eigenvalue weighted by molar-refractivity contribution is 7.89. The molecule has 1 aliphatic heterocycles. The number of nitrogens with zero attached hydrogens (tertiary/aromatic N) is 2. The van der Waals surface area contributed by atoms with Crippen LogP contribution in [-0.4, -0.2) is 37.6 Å². The lowest BCUT2D eigenvalue weighted by Crippen LogP contribution is -2.34. The highest BCUT2D eigenvalue weighted by Gasteiger charge is 2.32. The maximum absolute atomic E-state index is 11.5. The van der Waals surface area contributed by atoms with E-state index in [0.717, 1.165) is 6.42 Å². The maximum atomic E-state index is 11.5. The second kappa shape index (κ2) is 4.26. The summed E-state index contributed by atoms with van der Waals surface area (Å²) in [5, 5.41) is 8.36. The Morgan fingerprint density at radius 2 is 2.36 bits per heavy atom. The number of nitrogens with two attached hydrogens (primary N) is 1. The molecular weight excluding hydrogens is 202 g/mol. The fourth-order valence-corrected chi connectivity index (χ4v) is 2.76. The molecule has 0 aromatic rings. The summed E-state index contributed by atoms with van der Waals surface area (Å²) in [5.41, 5.74) is 5.69. The molecule has 0 aromatic heterocycles. The summed E-state index contributed by atoms with van der Waals surface area (Å²) in [6.45, 7) is 2.84. The highest BCUT2D eigenvalue weighted by Crippen LogP contribution is 2.21. The Hall–Kier alpha value is -0.640. The van der Waals surface area contributed by atoms with E-state index in [0.29, 0.717) is 13.1 Å². The van der Waals surface area contributed by atoms with Gasteiger partial charge in [0.05, 0.1) is 6.07 Å². The zero-order valence-electron chi connectivity index (χ0n) is 8.18. The van der Waals surface area contributed by atoms with Gasteiger partial charge in [0.15, 0.2) is 5.75 Å². The van der Waals surface area contributed by atoms with Crippen molar-refractivity contribution in [2.45, 2.75) is 19.4 Å². The van der Waals surface area contributed by atoms with E-state index < -0.39 is 15.8 Å². The predicted molar refractivity (Wildman–Crippen MR) is 52.7 cm³/mol. The van der Waals surface area contributed by atoms with Crippen molar-refractivity contribution in [3.63, 3.8) is 0 Å². The first-order valence-electron chi connectivity index (χ1n) is 4.57. The van der Waals surface area contributed by atoms with Gasteiger partial charge in [-0.2, -0.15) is 5.26 Å². The van der Waals surface area contributed by atoms with Crippen molar-refractivity contribution in [1.82, 2.24) is 4.31 Å². The van der Waals surface area contributed by atoms with E-state index in [9.17, 15) is 8.42 Å². The van der Waals surface area contributed by atoms with Crippen LogP contribution in [0, 0.1) is 17.2 Å². The normalized spacial score (nSPS) is 25.9. The Morgan fingerprint density at radius 3 is 2.79 bits per heavy atom. The van der Waals surface area contributed by atoms with Gasteiger partial charge in [-0.25, -0.2) is 12.7 Å². The average Bonchev–Trinajstić information content (AvgIpc) is 2.51. The molecule has 1 fully saturated rings. The van der Waals surface area contributed by atoms with Crippen molar-refractivity contribution < 1.29 is 8.42 Å². The first kappa shape index (κ1) is 11.4. The van der Waals surface area contributed by atoms with Crippen LogP contribution < -0.4 is 5.73 Å². The van der Waals surface area contributed by atoms with Crippen LogP contribution in [0.15, 0.2) is 0 Å². The molecule has 5 nitrogen and oxygen atoms in total. The summed E-state index contributed by atoms with van der Waals surface area (Å²) >= 11 is 0. The van der Waals surface area contributed by atoms with Gasteiger partial charge in [0.25, 0.3) is 0 Å². The van der Waals surface area contributed by atoms with Gasteiger partial charge in [-0.1, -0.05) is 0 Å². The number of nitriles is 1. The highest BCUT2D eigenvalue weighted by atomic mass is 32.2. The Labute approximate surface area is 84.5 Å². The minimum Gasteiger partial charge on any atom is -0.328 e. The molecule has 0 saturated carbocycles. The summed E-state index contributed by atoms with van der Waals surface area (Å²) in [4.78, 5) is 0. The molecule has 0 radical (unpaired) electrons. The van der Waals surface area contributed by atoms with Gasteiger partial charge >= 0.3 is 0 Å². The van der Waals surface area contributed by atoms with Crippen LogP contribution in [-0.2, 0) is 10.0 Å². The third-order valence-electron chi connectivity index (χ3n) is 2.57. The van der Waals surface area contributed by atoms with E-state index in [1.165, 1.54) is 4.31 Å². The third kappa shape index (κ3) is 2.44. The van der Waals surface area contributed by atoms with Crippen molar-refractivity contribution in [3.05, 3.63) is 0 Å². The van der Waals surface area contributed by atoms with E-state index in [1.54, 1.807) is 6.07 Å². The van der Waals surface area contributed by atoms with E-state index in [-0.39, 0.29) is 12.0 Å². The molecule has 1 heterocycles. The van der Waals surface area contributed by atoms with Gasteiger partial charge in [-0.05, 0) is 19.3 Å². The summed E-state index contributed by atoms with van der Waals surface area (Å²) < 4.78 is 24.3. The Bertz CT molecular complexity index is 331. The van der Waals surface area contributed by atoms with Crippen molar-refractivity contribution in [1.29, 1.82) is 5.26 Å². The Kier molecular flexibility index (Phi) is 3.48. The molecule has 6 heteroatoms. The van der Waals surface area contributed by atoms with Crippen molar-refractivity contribution >= 4 is 10.0 Å². The first-order valence-corrected chi connectivity index (χ1v) is 6.18. The molecule has 0 amide bonds. The van der Waals surface area contributed by atoms with Crippen LogP contribution in [0.4, 0.5) is 0 Å². The minimum atomic E-state index is -3.36. The quantitative estimate of drug-likeness (QED) is 0.691. The molecule has 1 aliphatic rings. The summed E-state index contributed by atoms with van der Waals surface area (Å²) in [7, 11) is -3.36. The predicted octanol–water partition coefficient (Wildman–Crippen LogP) is -0.491. The van der Waals surface area contributed by atoms with Crippen LogP contribution in [0.2, 0.25) is 0 Å². The number of sulfonamides is 1. The molecule has 1 rings (SSSR count). The SMILES string of the molecule is CC(N)C1CCN(S(=O)(=O)CC#N)C1. The molecule has 0 bridgehead atoms. The molecule has 2 N–H and O–H groups in total. The van der Waals surface area contributed by atoms with Crippen LogP contribution in [0.3, 0.4) is 0 Å². The van der Waals surface area contributed by atoms with Crippen molar-refractivity contribution in [2.24, 2.45) is 11.7 Å². The maximum Gasteiger partial charge on any atom is 0.227 e.